The van der Waals surface area contributed by atoms with Crippen LogP contribution in [0.25, 0.3) is 0 Å². The Balaban J connectivity index is 1.62. The number of carbonyl (C=O) groups excluding carboxylic acids is 2. The van der Waals surface area contributed by atoms with Crippen molar-refractivity contribution in [2.24, 2.45) is 0 Å². The summed E-state index contributed by atoms with van der Waals surface area (Å²) in [7, 11) is 0. The van der Waals surface area contributed by atoms with Crippen molar-refractivity contribution in [2.45, 2.75) is 45.6 Å². The Bertz CT molecular complexity index is 610. The zero-order valence-electron chi connectivity index (χ0n) is 16.1. The summed E-state index contributed by atoms with van der Waals surface area (Å²) in [5, 5.41) is 3.05. The molecular weight excluding hydrogens is 368 g/mol. The molecule has 0 saturated carbocycles. The quantitative estimate of drug-likeness (QED) is 0.540. The lowest BCUT2D eigenvalue weighted by molar-refractivity contribution is -0.122. The minimum Gasteiger partial charge on any atom is -0.493 e. The van der Waals surface area contributed by atoms with Gasteiger partial charge in [0, 0.05) is 25.6 Å². The van der Waals surface area contributed by atoms with Crippen LogP contribution >= 0.6 is 11.6 Å². The van der Waals surface area contributed by atoms with Crippen molar-refractivity contribution in [1.29, 1.82) is 0 Å². The van der Waals surface area contributed by atoms with Crippen molar-refractivity contribution in [3.05, 3.63) is 29.3 Å². The molecule has 6 nitrogen and oxygen atoms in total. The number of piperidine rings is 1. The molecule has 0 aliphatic carbocycles. The number of nitrogens with zero attached hydrogens (tertiary/aromatic N) is 1. The van der Waals surface area contributed by atoms with Crippen molar-refractivity contribution in [2.75, 3.05) is 32.2 Å². The van der Waals surface area contributed by atoms with Gasteiger partial charge >= 0.3 is 6.09 Å². The summed E-state index contributed by atoms with van der Waals surface area (Å²) in [4.78, 5) is 25.6. The van der Waals surface area contributed by atoms with Crippen LogP contribution in [0.5, 0.6) is 5.75 Å². The van der Waals surface area contributed by atoms with Gasteiger partial charge in [-0.25, -0.2) is 4.79 Å². The van der Waals surface area contributed by atoms with E-state index >= 15 is 0 Å². The van der Waals surface area contributed by atoms with Crippen LogP contribution in [-0.4, -0.2) is 55.1 Å². The predicted molar refractivity (Wildman–Crippen MR) is 105 cm³/mol. The molecule has 1 aromatic carbocycles. The van der Waals surface area contributed by atoms with E-state index in [2.05, 4.69) is 5.32 Å². The number of halogens is 1. The van der Waals surface area contributed by atoms with Crippen LogP contribution in [-0.2, 0) is 9.53 Å². The van der Waals surface area contributed by atoms with Gasteiger partial charge in [-0.3, -0.25) is 4.79 Å². The molecule has 1 fully saturated rings. The fourth-order valence-corrected chi connectivity index (χ4v) is 3.23. The van der Waals surface area contributed by atoms with E-state index in [1.54, 1.807) is 4.90 Å². The second kappa shape index (κ2) is 11.0. The van der Waals surface area contributed by atoms with Gasteiger partial charge in [-0.05, 0) is 44.2 Å². The molecule has 0 radical (unpaired) electrons. The lowest BCUT2D eigenvalue weighted by Crippen LogP contribution is -2.46. The number of nitrogens with one attached hydrogen (secondary N) is 1. The Morgan fingerprint density at radius 3 is 2.48 bits per heavy atom. The maximum Gasteiger partial charge on any atom is 0.409 e. The van der Waals surface area contributed by atoms with Crippen LogP contribution in [0.3, 0.4) is 0 Å². The molecule has 1 N–H and O–H groups in total. The number of amides is 2. The van der Waals surface area contributed by atoms with E-state index in [0.717, 1.165) is 29.7 Å². The van der Waals surface area contributed by atoms with Crippen LogP contribution in [0.2, 0.25) is 0 Å². The van der Waals surface area contributed by atoms with Gasteiger partial charge in [-0.1, -0.05) is 18.2 Å². The number of carbonyl (C=O) groups is 2. The van der Waals surface area contributed by atoms with Gasteiger partial charge in [0.15, 0.2) is 0 Å². The number of hydrogen-bond acceptors (Lipinski definition) is 4. The molecule has 150 valence electrons. The molecule has 1 heterocycles. The lowest BCUT2D eigenvalue weighted by atomic mass is 10.1. The van der Waals surface area contributed by atoms with E-state index in [0.29, 0.717) is 38.4 Å². The number of benzene rings is 1. The number of ether oxygens (including phenoxy) is 2. The highest BCUT2D eigenvalue weighted by Gasteiger charge is 2.24. The summed E-state index contributed by atoms with van der Waals surface area (Å²) >= 11 is 5.52. The van der Waals surface area contributed by atoms with E-state index in [1.165, 1.54) is 0 Å². The Kier molecular flexibility index (Phi) is 8.72. The molecular formula is C20H29ClN2O4. The highest BCUT2D eigenvalue weighted by molar-refractivity contribution is 6.18. The van der Waals surface area contributed by atoms with Gasteiger partial charge in [0.2, 0.25) is 5.91 Å². The van der Waals surface area contributed by atoms with Crippen molar-refractivity contribution < 1.29 is 19.1 Å². The Hall–Kier alpha value is -1.95. The summed E-state index contributed by atoms with van der Waals surface area (Å²) in [6, 6.07) is 6.15. The third kappa shape index (κ3) is 6.94. The monoisotopic (exact) mass is 396 g/mol. The molecule has 27 heavy (non-hydrogen) atoms. The topological polar surface area (TPSA) is 67.9 Å². The Morgan fingerprint density at radius 1 is 1.19 bits per heavy atom. The molecule has 2 amide bonds. The van der Waals surface area contributed by atoms with Crippen molar-refractivity contribution in [3.63, 3.8) is 0 Å². The van der Waals surface area contributed by atoms with Crippen LogP contribution in [0.1, 0.15) is 36.8 Å². The summed E-state index contributed by atoms with van der Waals surface area (Å²) in [6.45, 7) is 5.95. The van der Waals surface area contributed by atoms with Crippen molar-refractivity contribution in [1.82, 2.24) is 10.2 Å². The highest BCUT2D eigenvalue weighted by atomic mass is 35.5. The number of alkyl halides is 1. The first kappa shape index (κ1) is 21.4. The zero-order valence-corrected chi connectivity index (χ0v) is 16.9. The number of likely N-dealkylation sites (tertiary alicyclic amines) is 1. The fraction of sp³-hybridized carbons (Fsp3) is 0.600. The van der Waals surface area contributed by atoms with Crippen LogP contribution in [0.4, 0.5) is 4.79 Å². The smallest absolute Gasteiger partial charge is 0.409 e. The van der Waals surface area contributed by atoms with Gasteiger partial charge in [0.25, 0.3) is 0 Å². The summed E-state index contributed by atoms with van der Waals surface area (Å²) in [6.07, 6.45) is 2.25. The molecule has 0 atom stereocenters. The fourth-order valence-electron chi connectivity index (χ4n) is 3.16. The summed E-state index contributed by atoms with van der Waals surface area (Å²) < 4.78 is 10.9. The summed E-state index contributed by atoms with van der Waals surface area (Å²) in [5.41, 5.74) is 2.21. The van der Waals surface area contributed by atoms with Gasteiger partial charge in [0.05, 0.1) is 12.5 Å². The normalized spacial score (nSPS) is 14.7. The lowest BCUT2D eigenvalue weighted by Gasteiger charge is -2.31. The van der Waals surface area contributed by atoms with Crippen molar-refractivity contribution >= 4 is 23.6 Å². The number of hydrogen-bond donors (Lipinski definition) is 1. The third-order valence-electron chi connectivity index (χ3n) is 4.62. The number of para-hydroxylation sites is 1. The second-order valence-electron chi connectivity index (χ2n) is 6.81. The summed E-state index contributed by atoms with van der Waals surface area (Å²) in [5.74, 6) is 1.24. The molecule has 1 aliphatic heterocycles. The molecule has 1 saturated heterocycles. The molecule has 7 heteroatoms. The number of rotatable bonds is 8. The van der Waals surface area contributed by atoms with Crippen LogP contribution in [0, 0.1) is 13.8 Å². The first-order valence-corrected chi connectivity index (χ1v) is 10.0. The Labute approximate surface area is 166 Å². The maximum absolute atomic E-state index is 12.1. The second-order valence-corrected chi connectivity index (χ2v) is 7.18. The van der Waals surface area contributed by atoms with Crippen LogP contribution in [0.15, 0.2) is 18.2 Å². The third-order valence-corrected chi connectivity index (χ3v) is 4.78. The minimum atomic E-state index is -0.330. The van der Waals surface area contributed by atoms with Gasteiger partial charge < -0.3 is 19.7 Å². The van der Waals surface area contributed by atoms with Gasteiger partial charge in [-0.2, -0.15) is 0 Å². The van der Waals surface area contributed by atoms with Crippen LogP contribution < -0.4 is 10.1 Å². The molecule has 0 unspecified atom stereocenters. The number of aryl methyl sites for hydroxylation is 2. The largest absolute Gasteiger partial charge is 0.493 e. The maximum atomic E-state index is 12.1. The molecule has 1 aliphatic rings. The average Bonchev–Trinajstić information content (AvgIpc) is 2.65. The predicted octanol–water partition coefficient (Wildman–Crippen LogP) is 3.42. The standard InChI is InChI=1S/C20H29ClN2O4/c1-15-5-3-6-16(2)19(15)26-13-4-7-18(24)22-17-8-11-23(12-9-17)20(25)27-14-10-21/h3,5-6,17H,4,7-14H2,1-2H3,(H,22,24). The van der Waals surface area contributed by atoms with Gasteiger partial charge in [-0.15, -0.1) is 11.6 Å². The van der Waals surface area contributed by atoms with E-state index in [-0.39, 0.29) is 24.6 Å². The zero-order chi connectivity index (χ0) is 19.6. The minimum absolute atomic E-state index is 0.0308. The highest BCUT2D eigenvalue weighted by Crippen LogP contribution is 2.22. The Morgan fingerprint density at radius 2 is 1.85 bits per heavy atom. The first-order chi connectivity index (χ1) is 13.0. The molecule has 2 rings (SSSR count). The first-order valence-electron chi connectivity index (χ1n) is 9.47. The van der Waals surface area contributed by atoms with E-state index in [9.17, 15) is 9.59 Å². The molecule has 0 spiro atoms. The van der Waals surface area contributed by atoms with Gasteiger partial charge in [0.1, 0.15) is 12.4 Å². The van der Waals surface area contributed by atoms with Crippen molar-refractivity contribution in [3.8, 4) is 5.75 Å². The van der Waals surface area contributed by atoms with E-state index in [4.69, 9.17) is 21.1 Å². The molecule has 1 aromatic rings. The molecule has 0 bridgehead atoms. The molecule has 0 aromatic heterocycles. The average molecular weight is 397 g/mol. The SMILES string of the molecule is Cc1cccc(C)c1OCCCC(=O)NC1CCN(C(=O)OCCCl)CC1. The van der Waals surface area contributed by atoms with E-state index < -0.39 is 0 Å². The van der Waals surface area contributed by atoms with E-state index in [1.807, 2.05) is 32.0 Å².